The summed E-state index contributed by atoms with van der Waals surface area (Å²) in [5.74, 6) is -1.18. The van der Waals surface area contributed by atoms with Gasteiger partial charge < -0.3 is 9.47 Å². The molecule has 96 valence electrons. The Hall–Kier alpha value is -1.50. The van der Waals surface area contributed by atoms with Crippen LogP contribution in [0.25, 0.3) is 0 Å². The highest BCUT2D eigenvalue weighted by molar-refractivity contribution is 9.10. The fourth-order valence-corrected chi connectivity index (χ4v) is 2.00. The molecule has 1 aliphatic rings. The Balaban J connectivity index is 2.18. The van der Waals surface area contributed by atoms with Crippen molar-refractivity contribution in [2.75, 3.05) is 14.2 Å². The van der Waals surface area contributed by atoms with Crippen molar-refractivity contribution in [1.82, 2.24) is 9.97 Å². The predicted molar refractivity (Wildman–Crippen MR) is 64.2 cm³/mol. The molecule has 0 bridgehead atoms. The fourth-order valence-electron chi connectivity index (χ4n) is 1.74. The van der Waals surface area contributed by atoms with Crippen LogP contribution in [0.5, 0.6) is 5.88 Å². The summed E-state index contributed by atoms with van der Waals surface area (Å²) in [5, 5.41) is 0. The van der Waals surface area contributed by atoms with Gasteiger partial charge in [0.2, 0.25) is 5.88 Å². The standard InChI is InChI=1S/C11H11BrN2O4/c1-17-10-8(13-4-7(12)14-10)9(15)5-3-6(5)11(16)18-2/h4-6H,3H2,1-2H3. The lowest BCUT2D eigenvalue weighted by atomic mass is 10.1. The number of aromatic nitrogens is 2. The zero-order valence-corrected chi connectivity index (χ0v) is 11.4. The average molecular weight is 315 g/mol. The van der Waals surface area contributed by atoms with Gasteiger partial charge in [0, 0.05) is 5.92 Å². The van der Waals surface area contributed by atoms with Gasteiger partial charge >= 0.3 is 5.97 Å². The number of ether oxygens (including phenoxy) is 2. The highest BCUT2D eigenvalue weighted by atomic mass is 79.9. The van der Waals surface area contributed by atoms with Crippen molar-refractivity contribution in [1.29, 1.82) is 0 Å². The number of hydrogen-bond donors (Lipinski definition) is 0. The van der Waals surface area contributed by atoms with Gasteiger partial charge in [0.1, 0.15) is 4.60 Å². The van der Waals surface area contributed by atoms with Crippen LogP contribution in [-0.4, -0.2) is 35.9 Å². The largest absolute Gasteiger partial charge is 0.479 e. The highest BCUT2D eigenvalue weighted by Crippen LogP contribution is 2.42. The van der Waals surface area contributed by atoms with Gasteiger partial charge in [-0.2, -0.15) is 0 Å². The molecule has 1 aromatic rings. The minimum Gasteiger partial charge on any atom is -0.479 e. The first-order valence-electron chi connectivity index (χ1n) is 5.27. The molecular weight excluding hydrogens is 304 g/mol. The van der Waals surface area contributed by atoms with Gasteiger partial charge in [0.05, 0.1) is 26.3 Å². The third-order valence-corrected chi connectivity index (χ3v) is 3.15. The molecule has 1 heterocycles. The molecule has 2 atom stereocenters. The summed E-state index contributed by atoms with van der Waals surface area (Å²) >= 11 is 3.15. The molecule has 1 aromatic heterocycles. The number of carbonyl (C=O) groups is 2. The van der Waals surface area contributed by atoms with E-state index in [4.69, 9.17) is 4.74 Å². The lowest BCUT2D eigenvalue weighted by molar-refractivity contribution is -0.142. The van der Waals surface area contributed by atoms with Crippen LogP contribution in [0.4, 0.5) is 0 Å². The molecule has 0 amide bonds. The third kappa shape index (κ3) is 2.35. The molecule has 2 rings (SSSR count). The molecule has 0 spiro atoms. The Morgan fingerprint density at radius 1 is 1.39 bits per heavy atom. The summed E-state index contributed by atoms with van der Waals surface area (Å²) in [6.45, 7) is 0. The van der Waals surface area contributed by atoms with Gasteiger partial charge in [-0.3, -0.25) is 9.59 Å². The van der Waals surface area contributed by atoms with E-state index in [0.717, 1.165) is 0 Å². The number of nitrogens with zero attached hydrogens (tertiary/aromatic N) is 2. The van der Waals surface area contributed by atoms with Crippen molar-refractivity contribution in [3.8, 4) is 5.88 Å². The molecule has 6 nitrogen and oxygen atoms in total. The number of hydrogen-bond acceptors (Lipinski definition) is 6. The second-order valence-corrected chi connectivity index (χ2v) is 4.70. The predicted octanol–water partition coefficient (Wildman–Crippen LogP) is 1.24. The number of ketones is 1. The minimum atomic E-state index is -0.373. The molecule has 0 saturated heterocycles. The van der Waals surface area contributed by atoms with E-state index in [9.17, 15) is 9.59 Å². The average Bonchev–Trinajstić information content (AvgIpc) is 3.17. The molecule has 18 heavy (non-hydrogen) atoms. The van der Waals surface area contributed by atoms with Crippen LogP contribution >= 0.6 is 15.9 Å². The van der Waals surface area contributed by atoms with E-state index < -0.39 is 0 Å². The number of methoxy groups -OCH3 is 2. The Morgan fingerprint density at radius 2 is 2.11 bits per heavy atom. The summed E-state index contributed by atoms with van der Waals surface area (Å²) in [6, 6.07) is 0. The van der Waals surface area contributed by atoms with Crippen LogP contribution in [0.2, 0.25) is 0 Å². The zero-order valence-electron chi connectivity index (χ0n) is 9.84. The summed E-state index contributed by atoms with van der Waals surface area (Å²) in [6.07, 6.45) is 1.91. The van der Waals surface area contributed by atoms with E-state index in [1.165, 1.54) is 20.4 Å². The summed E-state index contributed by atoms with van der Waals surface area (Å²) in [7, 11) is 2.72. The third-order valence-electron chi connectivity index (χ3n) is 2.77. The van der Waals surface area contributed by atoms with Gasteiger partial charge in [-0.25, -0.2) is 9.97 Å². The lowest BCUT2D eigenvalue weighted by Gasteiger charge is -2.05. The number of Topliss-reactive ketones (excluding diaryl/α,β-unsaturated/α-hetero) is 1. The topological polar surface area (TPSA) is 78.4 Å². The molecule has 0 aromatic carbocycles. The summed E-state index contributed by atoms with van der Waals surface area (Å²) in [4.78, 5) is 31.4. The quantitative estimate of drug-likeness (QED) is 0.614. The summed E-state index contributed by atoms with van der Waals surface area (Å²) in [5.41, 5.74) is 0.150. The molecule has 0 aliphatic heterocycles. The van der Waals surface area contributed by atoms with Gasteiger partial charge in [-0.05, 0) is 22.4 Å². The number of halogens is 1. The maximum absolute atomic E-state index is 12.1. The van der Waals surface area contributed by atoms with Crippen molar-refractivity contribution in [3.05, 3.63) is 16.5 Å². The van der Waals surface area contributed by atoms with Crippen molar-refractivity contribution >= 4 is 27.7 Å². The second-order valence-electron chi connectivity index (χ2n) is 3.89. The van der Waals surface area contributed by atoms with E-state index in [-0.39, 0.29) is 35.2 Å². The van der Waals surface area contributed by atoms with Crippen molar-refractivity contribution in [3.63, 3.8) is 0 Å². The molecule has 0 radical (unpaired) electrons. The molecule has 1 aliphatic carbocycles. The second kappa shape index (κ2) is 5.01. The summed E-state index contributed by atoms with van der Waals surface area (Å²) < 4.78 is 10.1. The molecule has 1 fully saturated rings. The monoisotopic (exact) mass is 314 g/mol. The zero-order chi connectivity index (χ0) is 13.3. The first kappa shape index (κ1) is 12.9. The van der Waals surface area contributed by atoms with E-state index in [2.05, 4.69) is 30.6 Å². The van der Waals surface area contributed by atoms with Crippen LogP contribution < -0.4 is 4.74 Å². The van der Waals surface area contributed by atoms with E-state index in [1.807, 2.05) is 0 Å². The number of esters is 1. The maximum atomic E-state index is 12.1. The molecule has 7 heteroatoms. The lowest BCUT2D eigenvalue weighted by Crippen LogP contribution is -2.13. The normalized spacial score (nSPS) is 21.3. The van der Waals surface area contributed by atoms with E-state index in [1.54, 1.807) is 0 Å². The number of rotatable bonds is 4. The molecule has 0 N–H and O–H groups in total. The van der Waals surface area contributed by atoms with Gasteiger partial charge in [0.15, 0.2) is 11.5 Å². The SMILES string of the molecule is COC(=O)C1CC1C(=O)c1ncc(Br)nc1OC. The van der Waals surface area contributed by atoms with Gasteiger partial charge in [-0.15, -0.1) is 0 Å². The first-order valence-corrected chi connectivity index (χ1v) is 6.06. The van der Waals surface area contributed by atoms with Crippen LogP contribution in [0.3, 0.4) is 0 Å². The number of carbonyl (C=O) groups excluding carboxylic acids is 2. The minimum absolute atomic E-state index is 0.150. The van der Waals surface area contributed by atoms with Crippen LogP contribution in [0.1, 0.15) is 16.9 Å². The molecule has 2 unspecified atom stereocenters. The van der Waals surface area contributed by atoms with E-state index >= 15 is 0 Å². The van der Waals surface area contributed by atoms with Crippen LogP contribution in [-0.2, 0) is 9.53 Å². The van der Waals surface area contributed by atoms with Gasteiger partial charge in [0.25, 0.3) is 0 Å². The van der Waals surface area contributed by atoms with Crippen molar-refractivity contribution < 1.29 is 19.1 Å². The Bertz CT molecular complexity index is 506. The Morgan fingerprint density at radius 3 is 2.72 bits per heavy atom. The van der Waals surface area contributed by atoms with Crippen LogP contribution in [0, 0.1) is 11.8 Å². The molecule has 1 saturated carbocycles. The van der Waals surface area contributed by atoms with Crippen LogP contribution in [0.15, 0.2) is 10.8 Å². The van der Waals surface area contributed by atoms with Gasteiger partial charge in [-0.1, -0.05) is 0 Å². The van der Waals surface area contributed by atoms with E-state index in [0.29, 0.717) is 11.0 Å². The fraction of sp³-hybridized carbons (Fsp3) is 0.455. The Labute approximate surface area is 112 Å². The maximum Gasteiger partial charge on any atom is 0.309 e. The first-order chi connectivity index (χ1) is 8.58. The Kier molecular flexibility index (Phi) is 3.60. The van der Waals surface area contributed by atoms with Crippen molar-refractivity contribution in [2.24, 2.45) is 11.8 Å². The molecular formula is C11H11BrN2O4. The van der Waals surface area contributed by atoms with Crippen molar-refractivity contribution in [2.45, 2.75) is 6.42 Å². The highest BCUT2D eigenvalue weighted by Gasteiger charge is 2.50. The smallest absolute Gasteiger partial charge is 0.309 e.